The first kappa shape index (κ1) is 16.8. The number of likely N-dealkylation sites (N-methyl/N-ethyl adjacent to an activating group) is 1. The van der Waals surface area contributed by atoms with Crippen LogP contribution < -0.4 is 9.47 Å². The number of ether oxygens (including phenoxy) is 2. The zero-order valence-corrected chi connectivity index (χ0v) is 12.5. The van der Waals surface area contributed by atoms with Gasteiger partial charge in [-0.05, 0) is 26.0 Å². The van der Waals surface area contributed by atoms with Crippen molar-refractivity contribution in [1.29, 1.82) is 0 Å². The summed E-state index contributed by atoms with van der Waals surface area (Å²) in [5.74, 6) is -0.154. The van der Waals surface area contributed by atoms with Crippen LogP contribution in [0.5, 0.6) is 11.5 Å². The summed E-state index contributed by atoms with van der Waals surface area (Å²) in [6, 6.07) is 6.67. The Bertz CT molecular complexity index is 489. The number of carbonyl (C=O) groups is 2. The number of methoxy groups -OCH3 is 1. The molecule has 0 aliphatic heterocycles. The van der Waals surface area contributed by atoms with E-state index in [1.54, 1.807) is 38.1 Å². The van der Waals surface area contributed by atoms with Gasteiger partial charge in [-0.3, -0.25) is 9.59 Å². The largest absolute Gasteiger partial charge is 0.493 e. The monoisotopic (exact) mass is 295 g/mol. The third-order valence-electron chi connectivity index (χ3n) is 3.08. The SMILES string of the molecule is CCN(C(=O)COc1ccccc1OC)C(C)CC(=O)O. The van der Waals surface area contributed by atoms with Crippen molar-refractivity contribution < 1.29 is 24.2 Å². The summed E-state index contributed by atoms with van der Waals surface area (Å²) in [6.07, 6.45) is -0.0890. The molecule has 0 saturated carbocycles. The van der Waals surface area contributed by atoms with Gasteiger partial charge in [0.2, 0.25) is 0 Å². The van der Waals surface area contributed by atoms with Crippen molar-refractivity contribution in [2.75, 3.05) is 20.3 Å². The van der Waals surface area contributed by atoms with Crippen molar-refractivity contribution in [3.63, 3.8) is 0 Å². The Labute approximate surface area is 124 Å². The van der Waals surface area contributed by atoms with Crippen LogP contribution in [0.2, 0.25) is 0 Å². The second-order valence-electron chi connectivity index (χ2n) is 4.57. The van der Waals surface area contributed by atoms with Crippen LogP contribution in [0.1, 0.15) is 20.3 Å². The highest BCUT2D eigenvalue weighted by Crippen LogP contribution is 2.25. The van der Waals surface area contributed by atoms with Crippen LogP contribution in [0.3, 0.4) is 0 Å². The maximum absolute atomic E-state index is 12.1. The Morgan fingerprint density at radius 1 is 1.29 bits per heavy atom. The van der Waals surface area contributed by atoms with Crippen LogP contribution >= 0.6 is 0 Å². The zero-order chi connectivity index (χ0) is 15.8. The normalized spacial score (nSPS) is 11.6. The van der Waals surface area contributed by atoms with Gasteiger partial charge in [-0.1, -0.05) is 12.1 Å². The van der Waals surface area contributed by atoms with E-state index in [0.717, 1.165) is 0 Å². The van der Waals surface area contributed by atoms with E-state index in [4.69, 9.17) is 14.6 Å². The number of hydrogen-bond acceptors (Lipinski definition) is 4. The smallest absolute Gasteiger partial charge is 0.305 e. The lowest BCUT2D eigenvalue weighted by Gasteiger charge is -2.27. The maximum Gasteiger partial charge on any atom is 0.305 e. The second kappa shape index (κ2) is 8.14. The minimum Gasteiger partial charge on any atom is -0.493 e. The van der Waals surface area contributed by atoms with Crippen molar-refractivity contribution in [3.05, 3.63) is 24.3 Å². The summed E-state index contributed by atoms with van der Waals surface area (Å²) in [5.41, 5.74) is 0. The van der Waals surface area contributed by atoms with Gasteiger partial charge in [-0.15, -0.1) is 0 Å². The van der Waals surface area contributed by atoms with Crippen molar-refractivity contribution in [3.8, 4) is 11.5 Å². The number of hydrogen-bond donors (Lipinski definition) is 1. The molecule has 6 heteroatoms. The third-order valence-corrected chi connectivity index (χ3v) is 3.08. The molecule has 116 valence electrons. The fourth-order valence-corrected chi connectivity index (χ4v) is 2.06. The predicted octanol–water partition coefficient (Wildman–Crippen LogP) is 1.79. The van der Waals surface area contributed by atoms with Gasteiger partial charge in [0.15, 0.2) is 18.1 Å². The van der Waals surface area contributed by atoms with Gasteiger partial charge in [-0.2, -0.15) is 0 Å². The number of rotatable bonds is 8. The van der Waals surface area contributed by atoms with Crippen molar-refractivity contribution in [2.24, 2.45) is 0 Å². The van der Waals surface area contributed by atoms with E-state index in [9.17, 15) is 9.59 Å². The first-order valence-corrected chi connectivity index (χ1v) is 6.76. The van der Waals surface area contributed by atoms with Crippen LogP contribution in [0, 0.1) is 0 Å². The number of carbonyl (C=O) groups excluding carboxylic acids is 1. The van der Waals surface area contributed by atoms with E-state index >= 15 is 0 Å². The van der Waals surface area contributed by atoms with Crippen molar-refractivity contribution >= 4 is 11.9 Å². The van der Waals surface area contributed by atoms with E-state index in [1.807, 2.05) is 0 Å². The molecule has 1 amide bonds. The average molecular weight is 295 g/mol. The molecule has 0 aliphatic carbocycles. The third kappa shape index (κ3) is 4.98. The Morgan fingerprint density at radius 3 is 2.43 bits per heavy atom. The molecule has 0 heterocycles. The molecule has 6 nitrogen and oxygen atoms in total. The number of amides is 1. The minimum atomic E-state index is -0.931. The molecule has 0 saturated heterocycles. The van der Waals surface area contributed by atoms with Crippen molar-refractivity contribution in [2.45, 2.75) is 26.3 Å². The lowest BCUT2D eigenvalue weighted by Crippen LogP contribution is -2.42. The molecule has 0 aliphatic rings. The summed E-state index contributed by atoms with van der Waals surface area (Å²) >= 11 is 0. The van der Waals surface area contributed by atoms with Crippen LogP contribution in [0.25, 0.3) is 0 Å². The van der Waals surface area contributed by atoms with Crippen molar-refractivity contribution in [1.82, 2.24) is 4.90 Å². The van der Waals surface area contributed by atoms with Crippen LogP contribution in [0.4, 0.5) is 0 Å². The summed E-state index contributed by atoms with van der Waals surface area (Å²) in [7, 11) is 1.53. The lowest BCUT2D eigenvalue weighted by atomic mass is 10.2. The summed E-state index contributed by atoms with van der Waals surface area (Å²) in [4.78, 5) is 24.4. The molecule has 1 aromatic rings. The number of carboxylic acid groups (broad SMARTS) is 1. The van der Waals surface area contributed by atoms with Gasteiger partial charge in [0, 0.05) is 12.6 Å². The van der Waals surface area contributed by atoms with Gasteiger partial charge in [0.25, 0.3) is 5.91 Å². The standard InChI is InChI=1S/C15H21NO5/c1-4-16(11(2)9-15(18)19)14(17)10-21-13-8-6-5-7-12(13)20-3/h5-8,11H,4,9-10H2,1-3H3,(H,18,19). The van der Waals surface area contributed by atoms with Crippen LogP contribution in [-0.2, 0) is 9.59 Å². The van der Waals surface area contributed by atoms with Gasteiger partial charge in [0.1, 0.15) is 0 Å². The van der Waals surface area contributed by atoms with Gasteiger partial charge < -0.3 is 19.5 Å². The first-order chi connectivity index (χ1) is 9.99. The molecule has 21 heavy (non-hydrogen) atoms. The van der Waals surface area contributed by atoms with Gasteiger partial charge in [0.05, 0.1) is 13.5 Å². The van der Waals surface area contributed by atoms with Crippen LogP contribution in [-0.4, -0.2) is 48.2 Å². The Morgan fingerprint density at radius 2 is 1.90 bits per heavy atom. The summed E-state index contributed by atoms with van der Waals surface area (Å²) in [5, 5.41) is 8.80. The number of aliphatic carboxylic acids is 1. The molecule has 1 atom stereocenters. The lowest BCUT2D eigenvalue weighted by molar-refractivity contribution is -0.141. The molecule has 0 aromatic heterocycles. The molecule has 0 spiro atoms. The summed E-state index contributed by atoms with van der Waals surface area (Å²) in [6.45, 7) is 3.79. The minimum absolute atomic E-state index is 0.0890. The fourth-order valence-electron chi connectivity index (χ4n) is 2.06. The molecule has 1 N–H and O–H groups in total. The Hall–Kier alpha value is -2.24. The molecule has 1 unspecified atom stereocenters. The highest BCUT2D eigenvalue weighted by Gasteiger charge is 2.21. The molecule has 1 rings (SSSR count). The zero-order valence-electron chi connectivity index (χ0n) is 12.5. The topological polar surface area (TPSA) is 76.1 Å². The first-order valence-electron chi connectivity index (χ1n) is 6.76. The van der Waals surface area contributed by atoms with E-state index in [-0.39, 0.29) is 25.0 Å². The van der Waals surface area contributed by atoms with Gasteiger partial charge in [-0.25, -0.2) is 0 Å². The number of para-hydroxylation sites is 2. The van der Waals surface area contributed by atoms with E-state index in [1.165, 1.54) is 12.0 Å². The molecule has 0 fully saturated rings. The maximum atomic E-state index is 12.1. The molecule has 0 radical (unpaired) electrons. The second-order valence-corrected chi connectivity index (χ2v) is 4.57. The number of nitrogens with zero attached hydrogens (tertiary/aromatic N) is 1. The molecular weight excluding hydrogens is 274 g/mol. The average Bonchev–Trinajstić information content (AvgIpc) is 2.45. The number of benzene rings is 1. The Kier molecular flexibility index (Phi) is 6.52. The molecular formula is C15H21NO5. The highest BCUT2D eigenvalue weighted by molar-refractivity contribution is 5.79. The molecule has 0 bridgehead atoms. The number of carboxylic acids is 1. The van der Waals surface area contributed by atoms with Crippen LogP contribution in [0.15, 0.2) is 24.3 Å². The predicted molar refractivity (Wildman–Crippen MR) is 77.6 cm³/mol. The highest BCUT2D eigenvalue weighted by atomic mass is 16.5. The summed E-state index contributed by atoms with van der Waals surface area (Å²) < 4.78 is 10.6. The molecule has 1 aromatic carbocycles. The quantitative estimate of drug-likeness (QED) is 0.791. The fraction of sp³-hybridized carbons (Fsp3) is 0.467. The van der Waals surface area contributed by atoms with Gasteiger partial charge >= 0.3 is 5.97 Å². The van der Waals surface area contributed by atoms with E-state index in [2.05, 4.69) is 0 Å². The van der Waals surface area contributed by atoms with E-state index < -0.39 is 5.97 Å². The van der Waals surface area contributed by atoms with E-state index in [0.29, 0.717) is 18.0 Å². The Balaban J connectivity index is 2.64.